The summed E-state index contributed by atoms with van der Waals surface area (Å²) in [5, 5.41) is 3.71. The second kappa shape index (κ2) is 8.29. The molecule has 0 heterocycles. The molecule has 2 aromatic carbocycles. The summed E-state index contributed by atoms with van der Waals surface area (Å²) in [5.41, 5.74) is 7.49. The van der Waals surface area contributed by atoms with E-state index in [0.29, 0.717) is 11.0 Å². The Bertz CT molecular complexity index is 609. The standard InChI is InChI=1S/C17H20ClN3O/c1-2-3-12-22-16-10-8-15(9-11-16)21-17(19)20-14-6-4-13(18)5-7-14/h4-11H,2-3,12H2,1H3,(H3,19,20,21). The highest BCUT2D eigenvalue weighted by Crippen LogP contribution is 2.18. The van der Waals surface area contributed by atoms with E-state index in [1.807, 2.05) is 36.4 Å². The number of benzene rings is 2. The van der Waals surface area contributed by atoms with Gasteiger partial charge in [0.15, 0.2) is 5.96 Å². The molecule has 0 unspecified atom stereocenters. The van der Waals surface area contributed by atoms with Crippen LogP contribution < -0.4 is 15.8 Å². The predicted octanol–water partition coefficient (Wildman–Crippen LogP) is 4.58. The minimum atomic E-state index is 0.321. The van der Waals surface area contributed by atoms with Crippen LogP contribution in [0.15, 0.2) is 53.5 Å². The summed E-state index contributed by atoms with van der Waals surface area (Å²) < 4.78 is 5.61. The lowest BCUT2D eigenvalue weighted by Gasteiger charge is -2.08. The monoisotopic (exact) mass is 317 g/mol. The molecular weight excluding hydrogens is 298 g/mol. The molecule has 116 valence electrons. The predicted molar refractivity (Wildman–Crippen MR) is 93.2 cm³/mol. The lowest BCUT2D eigenvalue weighted by molar-refractivity contribution is 0.309. The molecule has 0 spiro atoms. The highest BCUT2D eigenvalue weighted by Gasteiger charge is 1.98. The molecule has 0 aromatic heterocycles. The summed E-state index contributed by atoms with van der Waals surface area (Å²) >= 11 is 5.83. The van der Waals surface area contributed by atoms with Gasteiger partial charge in [-0.05, 0) is 55.0 Å². The van der Waals surface area contributed by atoms with E-state index in [1.54, 1.807) is 12.1 Å². The zero-order valence-electron chi connectivity index (χ0n) is 12.6. The molecule has 3 N–H and O–H groups in total. The third-order valence-electron chi connectivity index (χ3n) is 2.97. The van der Waals surface area contributed by atoms with Gasteiger partial charge in [-0.1, -0.05) is 24.9 Å². The molecule has 0 aliphatic carbocycles. The van der Waals surface area contributed by atoms with Gasteiger partial charge >= 0.3 is 0 Å². The van der Waals surface area contributed by atoms with Crippen molar-refractivity contribution < 1.29 is 4.74 Å². The van der Waals surface area contributed by atoms with Crippen molar-refractivity contribution in [2.24, 2.45) is 10.7 Å². The van der Waals surface area contributed by atoms with Gasteiger partial charge in [0.2, 0.25) is 0 Å². The number of nitrogens with two attached hydrogens (primary N) is 1. The maximum atomic E-state index is 5.89. The third kappa shape index (κ3) is 5.30. The van der Waals surface area contributed by atoms with Gasteiger partial charge in [0, 0.05) is 10.7 Å². The number of rotatable bonds is 6. The number of aliphatic imine (C=N–C) groups is 1. The zero-order valence-corrected chi connectivity index (χ0v) is 13.3. The Labute approximate surface area is 136 Å². The largest absolute Gasteiger partial charge is 0.494 e. The van der Waals surface area contributed by atoms with Crippen LogP contribution in [0.4, 0.5) is 11.4 Å². The molecule has 0 bridgehead atoms. The average molecular weight is 318 g/mol. The molecule has 2 rings (SSSR count). The van der Waals surface area contributed by atoms with Crippen molar-refractivity contribution in [2.75, 3.05) is 11.9 Å². The molecule has 0 amide bonds. The third-order valence-corrected chi connectivity index (χ3v) is 3.22. The highest BCUT2D eigenvalue weighted by molar-refractivity contribution is 6.30. The number of hydrogen-bond acceptors (Lipinski definition) is 2. The molecule has 0 saturated heterocycles. The molecule has 4 nitrogen and oxygen atoms in total. The number of ether oxygens (including phenoxy) is 1. The number of unbranched alkanes of at least 4 members (excludes halogenated alkanes) is 1. The maximum absolute atomic E-state index is 5.89. The molecule has 0 radical (unpaired) electrons. The van der Waals surface area contributed by atoms with Gasteiger partial charge in [-0.25, -0.2) is 4.99 Å². The highest BCUT2D eigenvalue weighted by atomic mass is 35.5. The van der Waals surface area contributed by atoms with Crippen molar-refractivity contribution in [3.63, 3.8) is 0 Å². The van der Waals surface area contributed by atoms with E-state index in [2.05, 4.69) is 17.2 Å². The summed E-state index contributed by atoms with van der Waals surface area (Å²) in [6.45, 7) is 2.88. The van der Waals surface area contributed by atoms with Gasteiger partial charge in [-0.15, -0.1) is 0 Å². The van der Waals surface area contributed by atoms with Gasteiger partial charge < -0.3 is 15.8 Å². The number of nitrogens with zero attached hydrogens (tertiary/aromatic N) is 1. The Kier molecular flexibility index (Phi) is 6.10. The molecular formula is C17H20ClN3O. The van der Waals surface area contributed by atoms with Gasteiger partial charge in [-0.2, -0.15) is 0 Å². The lowest BCUT2D eigenvalue weighted by Crippen LogP contribution is -2.21. The molecule has 22 heavy (non-hydrogen) atoms. The first-order valence-corrected chi connectivity index (χ1v) is 7.65. The maximum Gasteiger partial charge on any atom is 0.198 e. The topological polar surface area (TPSA) is 59.6 Å². The van der Waals surface area contributed by atoms with Gasteiger partial charge in [-0.3, -0.25) is 0 Å². The fourth-order valence-corrected chi connectivity index (χ4v) is 1.93. The van der Waals surface area contributed by atoms with Crippen LogP contribution in [0, 0.1) is 0 Å². The van der Waals surface area contributed by atoms with Crippen molar-refractivity contribution in [2.45, 2.75) is 19.8 Å². The number of anilines is 1. The summed E-state index contributed by atoms with van der Waals surface area (Å²) in [4.78, 5) is 4.27. The fraction of sp³-hybridized carbons (Fsp3) is 0.235. The number of guanidine groups is 1. The van der Waals surface area contributed by atoms with Gasteiger partial charge in [0.1, 0.15) is 5.75 Å². The number of halogens is 1. The first-order valence-electron chi connectivity index (χ1n) is 7.27. The van der Waals surface area contributed by atoms with Crippen molar-refractivity contribution >= 4 is 28.9 Å². The zero-order chi connectivity index (χ0) is 15.8. The van der Waals surface area contributed by atoms with Crippen molar-refractivity contribution in [3.8, 4) is 5.75 Å². The van der Waals surface area contributed by atoms with E-state index in [-0.39, 0.29) is 0 Å². The normalized spacial score (nSPS) is 11.3. The molecule has 0 aliphatic rings. The average Bonchev–Trinajstić information content (AvgIpc) is 2.51. The van der Waals surface area contributed by atoms with Crippen LogP contribution in [0.25, 0.3) is 0 Å². The summed E-state index contributed by atoms with van der Waals surface area (Å²) in [6.07, 6.45) is 2.18. The molecule has 0 aliphatic heterocycles. The van der Waals surface area contributed by atoms with E-state index in [0.717, 1.165) is 36.6 Å². The van der Waals surface area contributed by atoms with Crippen LogP contribution >= 0.6 is 11.6 Å². The summed E-state index contributed by atoms with van der Waals surface area (Å²) in [7, 11) is 0. The van der Waals surface area contributed by atoms with Crippen LogP contribution in [-0.4, -0.2) is 12.6 Å². The fourth-order valence-electron chi connectivity index (χ4n) is 1.80. The van der Waals surface area contributed by atoms with Crippen LogP contribution in [0.1, 0.15) is 19.8 Å². The first-order chi connectivity index (χ1) is 10.7. The van der Waals surface area contributed by atoms with Crippen LogP contribution in [-0.2, 0) is 0 Å². The SMILES string of the molecule is CCCCOc1ccc(NC(N)=Nc2ccc(Cl)cc2)cc1. The Morgan fingerprint density at radius 1 is 1.14 bits per heavy atom. The van der Waals surface area contributed by atoms with Crippen LogP contribution in [0.3, 0.4) is 0 Å². The minimum absolute atomic E-state index is 0.321. The van der Waals surface area contributed by atoms with Crippen molar-refractivity contribution in [1.82, 2.24) is 0 Å². The smallest absolute Gasteiger partial charge is 0.198 e. The van der Waals surface area contributed by atoms with Gasteiger partial charge in [0.05, 0.1) is 12.3 Å². The Balaban J connectivity index is 1.93. The lowest BCUT2D eigenvalue weighted by atomic mass is 10.3. The Morgan fingerprint density at radius 2 is 1.82 bits per heavy atom. The van der Waals surface area contributed by atoms with Gasteiger partial charge in [0.25, 0.3) is 0 Å². The quantitative estimate of drug-likeness (QED) is 0.466. The van der Waals surface area contributed by atoms with E-state index in [1.165, 1.54) is 0 Å². The molecule has 0 fully saturated rings. The summed E-state index contributed by atoms with van der Waals surface area (Å²) in [6, 6.07) is 14.8. The molecule has 0 saturated carbocycles. The van der Waals surface area contributed by atoms with Crippen molar-refractivity contribution in [3.05, 3.63) is 53.6 Å². The summed E-state index contributed by atoms with van der Waals surface area (Å²) in [5.74, 6) is 1.18. The van der Waals surface area contributed by atoms with E-state index >= 15 is 0 Å². The second-order valence-corrected chi connectivity index (χ2v) is 5.26. The Morgan fingerprint density at radius 3 is 2.45 bits per heavy atom. The number of hydrogen-bond donors (Lipinski definition) is 2. The molecule has 2 aromatic rings. The van der Waals surface area contributed by atoms with E-state index < -0.39 is 0 Å². The van der Waals surface area contributed by atoms with Crippen LogP contribution in [0.2, 0.25) is 5.02 Å². The van der Waals surface area contributed by atoms with E-state index in [4.69, 9.17) is 22.1 Å². The molecule has 5 heteroatoms. The number of nitrogens with one attached hydrogen (secondary N) is 1. The minimum Gasteiger partial charge on any atom is -0.494 e. The first kappa shape index (κ1) is 16.2. The van der Waals surface area contributed by atoms with E-state index in [9.17, 15) is 0 Å². The van der Waals surface area contributed by atoms with Crippen LogP contribution in [0.5, 0.6) is 5.75 Å². The van der Waals surface area contributed by atoms with Crippen molar-refractivity contribution in [1.29, 1.82) is 0 Å². The second-order valence-electron chi connectivity index (χ2n) is 4.82. The Hall–Kier alpha value is -2.20. The molecule has 0 atom stereocenters.